The highest BCUT2D eigenvalue weighted by molar-refractivity contribution is 6.33. The van der Waals surface area contributed by atoms with E-state index in [1.807, 2.05) is 24.3 Å². The summed E-state index contributed by atoms with van der Waals surface area (Å²) >= 11 is 6.09. The molecule has 2 aromatic rings. The highest BCUT2D eigenvalue weighted by atomic mass is 35.5. The number of ether oxygens (including phenoxy) is 1. The lowest BCUT2D eigenvalue weighted by molar-refractivity contribution is 0.100. The van der Waals surface area contributed by atoms with Crippen molar-refractivity contribution in [3.8, 4) is 5.75 Å². The SMILES string of the molecule is COc1cccc(CNc2cc(C(N)=O)ccc2Cl)c1. The Bertz CT molecular complexity index is 629. The van der Waals surface area contributed by atoms with Gasteiger partial charge in [-0.1, -0.05) is 23.7 Å². The van der Waals surface area contributed by atoms with E-state index < -0.39 is 5.91 Å². The number of nitrogens with two attached hydrogens (primary N) is 1. The van der Waals surface area contributed by atoms with Crippen LogP contribution >= 0.6 is 11.6 Å². The second kappa shape index (κ2) is 6.30. The lowest BCUT2D eigenvalue weighted by Gasteiger charge is -2.10. The fourth-order valence-electron chi connectivity index (χ4n) is 1.79. The summed E-state index contributed by atoms with van der Waals surface area (Å²) in [6, 6.07) is 12.6. The maximum Gasteiger partial charge on any atom is 0.248 e. The molecule has 0 aromatic heterocycles. The van der Waals surface area contributed by atoms with E-state index in [9.17, 15) is 4.79 Å². The van der Waals surface area contributed by atoms with Crippen molar-refractivity contribution in [2.24, 2.45) is 5.73 Å². The Hall–Kier alpha value is -2.20. The van der Waals surface area contributed by atoms with Crippen LogP contribution in [-0.2, 0) is 6.54 Å². The van der Waals surface area contributed by atoms with Crippen LogP contribution in [0, 0.1) is 0 Å². The molecule has 0 heterocycles. The number of methoxy groups -OCH3 is 1. The van der Waals surface area contributed by atoms with E-state index in [0.29, 0.717) is 22.8 Å². The van der Waals surface area contributed by atoms with E-state index in [4.69, 9.17) is 22.1 Å². The molecule has 0 saturated carbocycles. The molecule has 0 saturated heterocycles. The summed E-state index contributed by atoms with van der Waals surface area (Å²) < 4.78 is 5.17. The van der Waals surface area contributed by atoms with Crippen molar-refractivity contribution in [1.29, 1.82) is 0 Å². The van der Waals surface area contributed by atoms with Crippen LogP contribution in [0.5, 0.6) is 5.75 Å². The first kappa shape index (κ1) is 14.2. The molecular weight excluding hydrogens is 276 g/mol. The molecule has 0 fully saturated rings. The zero-order valence-electron chi connectivity index (χ0n) is 11.0. The molecule has 0 aliphatic rings. The van der Waals surface area contributed by atoms with Gasteiger partial charge in [-0.15, -0.1) is 0 Å². The van der Waals surface area contributed by atoms with Crippen molar-refractivity contribution >= 4 is 23.2 Å². The fourth-order valence-corrected chi connectivity index (χ4v) is 1.98. The fraction of sp³-hybridized carbons (Fsp3) is 0.133. The molecule has 0 atom stereocenters. The Kier molecular flexibility index (Phi) is 4.48. The number of primary amides is 1. The van der Waals surface area contributed by atoms with Gasteiger partial charge in [0.15, 0.2) is 0 Å². The predicted molar refractivity (Wildman–Crippen MR) is 80.3 cm³/mol. The molecule has 2 aromatic carbocycles. The smallest absolute Gasteiger partial charge is 0.248 e. The summed E-state index contributed by atoms with van der Waals surface area (Å²) in [5, 5.41) is 3.72. The van der Waals surface area contributed by atoms with Gasteiger partial charge in [-0.3, -0.25) is 4.79 Å². The van der Waals surface area contributed by atoms with Gasteiger partial charge >= 0.3 is 0 Å². The van der Waals surface area contributed by atoms with Crippen LogP contribution < -0.4 is 15.8 Å². The van der Waals surface area contributed by atoms with Crippen LogP contribution in [0.25, 0.3) is 0 Å². The van der Waals surface area contributed by atoms with E-state index >= 15 is 0 Å². The van der Waals surface area contributed by atoms with Crippen molar-refractivity contribution in [2.75, 3.05) is 12.4 Å². The van der Waals surface area contributed by atoms with Gasteiger partial charge in [-0.25, -0.2) is 0 Å². The second-order valence-corrected chi connectivity index (χ2v) is 4.67. The molecule has 4 nitrogen and oxygen atoms in total. The van der Waals surface area contributed by atoms with E-state index in [2.05, 4.69) is 5.32 Å². The Balaban J connectivity index is 2.13. The number of carbonyl (C=O) groups is 1. The molecule has 0 radical (unpaired) electrons. The molecule has 1 amide bonds. The van der Waals surface area contributed by atoms with Crippen molar-refractivity contribution in [1.82, 2.24) is 0 Å². The van der Waals surface area contributed by atoms with Crippen molar-refractivity contribution in [2.45, 2.75) is 6.54 Å². The minimum atomic E-state index is -0.480. The van der Waals surface area contributed by atoms with Gasteiger partial charge in [0.2, 0.25) is 5.91 Å². The molecule has 5 heteroatoms. The van der Waals surface area contributed by atoms with Gasteiger partial charge in [0.05, 0.1) is 17.8 Å². The van der Waals surface area contributed by atoms with Gasteiger partial charge in [0.25, 0.3) is 0 Å². The number of carbonyl (C=O) groups excluding carboxylic acids is 1. The standard InChI is InChI=1S/C15H15ClN2O2/c1-20-12-4-2-3-10(7-12)9-18-14-8-11(15(17)19)5-6-13(14)16/h2-8,18H,9H2,1H3,(H2,17,19). The normalized spacial score (nSPS) is 10.1. The number of hydrogen-bond acceptors (Lipinski definition) is 3. The largest absolute Gasteiger partial charge is 0.497 e. The summed E-state index contributed by atoms with van der Waals surface area (Å²) in [6.07, 6.45) is 0. The molecule has 3 N–H and O–H groups in total. The average molecular weight is 291 g/mol. The third-order valence-electron chi connectivity index (χ3n) is 2.87. The summed E-state index contributed by atoms with van der Waals surface area (Å²) in [4.78, 5) is 11.2. The van der Waals surface area contributed by atoms with Crippen LogP contribution in [0.15, 0.2) is 42.5 Å². The van der Waals surface area contributed by atoms with E-state index in [1.54, 1.807) is 25.3 Å². The van der Waals surface area contributed by atoms with Crippen LogP contribution in [0.1, 0.15) is 15.9 Å². The molecule has 0 unspecified atom stereocenters. The van der Waals surface area contributed by atoms with E-state index in [0.717, 1.165) is 11.3 Å². The minimum Gasteiger partial charge on any atom is -0.497 e. The lowest BCUT2D eigenvalue weighted by Crippen LogP contribution is -2.11. The molecule has 0 spiro atoms. The van der Waals surface area contributed by atoms with Crippen molar-refractivity contribution in [3.63, 3.8) is 0 Å². The first-order valence-corrected chi connectivity index (χ1v) is 6.44. The number of rotatable bonds is 5. The molecule has 20 heavy (non-hydrogen) atoms. The molecule has 2 rings (SSSR count). The summed E-state index contributed by atoms with van der Waals surface area (Å²) in [5.74, 6) is 0.312. The predicted octanol–water partition coefficient (Wildman–Crippen LogP) is 3.06. The maximum absolute atomic E-state index is 11.2. The van der Waals surface area contributed by atoms with Gasteiger partial charge in [-0.2, -0.15) is 0 Å². The number of nitrogens with one attached hydrogen (secondary N) is 1. The third-order valence-corrected chi connectivity index (χ3v) is 3.20. The highest BCUT2D eigenvalue weighted by Crippen LogP contribution is 2.24. The summed E-state index contributed by atoms with van der Waals surface area (Å²) in [7, 11) is 1.62. The first-order valence-electron chi connectivity index (χ1n) is 6.06. The Morgan fingerprint density at radius 2 is 2.10 bits per heavy atom. The maximum atomic E-state index is 11.2. The Morgan fingerprint density at radius 1 is 1.30 bits per heavy atom. The lowest BCUT2D eigenvalue weighted by atomic mass is 10.1. The van der Waals surface area contributed by atoms with E-state index in [1.165, 1.54) is 0 Å². The van der Waals surface area contributed by atoms with E-state index in [-0.39, 0.29) is 0 Å². The second-order valence-electron chi connectivity index (χ2n) is 4.26. The van der Waals surface area contributed by atoms with Crippen LogP contribution in [0.3, 0.4) is 0 Å². The first-order chi connectivity index (χ1) is 9.60. The minimum absolute atomic E-state index is 0.419. The van der Waals surface area contributed by atoms with Crippen LogP contribution in [-0.4, -0.2) is 13.0 Å². The molecule has 0 bridgehead atoms. The number of anilines is 1. The number of halogens is 1. The monoisotopic (exact) mass is 290 g/mol. The van der Waals surface area contributed by atoms with Crippen LogP contribution in [0.4, 0.5) is 5.69 Å². The van der Waals surface area contributed by atoms with Crippen molar-refractivity contribution in [3.05, 3.63) is 58.6 Å². The van der Waals surface area contributed by atoms with Crippen molar-refractivity contribution < 1.29 is 9.53 Å². The topological polar surface area (TPSA) is 64.3 Å². The summed E-state index contributed by atoms with van der Waals surface area (Å²) in [6.45, 7) is 0.569. The third kappa shape index (κ3) is 3.42. The quantitative estimate of drug-likeness (QED) is 0.889. The molecule has 0 aliphatic heterocycles. The number of amides is 1. The number of benzene rings is 2. The molecule has 104 valence electrons. The molecule has 0 aliphatic carbocycles. The zero-order chi connectivity index (χ0) is 14.5. The van der Waals surface area contributed by atoms with Gasteiger partial charge in [0.1, 0.15) is 5.75 Å². The summed E-state index contributed by atoms with van der Waals surface area (Å²) in [5.41, 5.74) is 7.39. The Labute approximate surface area is 122 Å². The Morgan fingerprint density at radius 3 is 2.80 bits per heavy atom. The van der Waals surface area contributed by atoms with Gasteiger partial charge in [0, 0.05) is 12.1 Å². The van der Waals surface area contributed by atoms with Gasteiger partial charge < -0.3 is 15.8 Å². The van der Waals surface area contributed by atoms with Gasteiger partial charge in [-0.05, 0) is 35.9 Å². The average Bonchev–Trinajstić information content (AvgIpc) is 2.46. The highest BCUT2D eigenvalue weighted by Gasteiger charge is 2.06. The molecular formula is C15H15ClN2O2. The zero-order valence-corrected chi connectivity index (χ0v) is 11.8. The number of hydrogen-bond donors (Lipinski definition) is 2. The van der Waals surface area contributed by atoms with Crippen LogP contribution in [0.2, 0.25) is 5.02 Å².